The number of amides is 2. The molecule has 200 valence electrons. The first-order chi connectivity index (χ1) is 17.7. The van der Waals surface area contributed by atoms with Gasteiger partial charge in [0.1, 0.15) is 12.1 Å². The van der Waals surface area contributed by atoms with Gasteiger partial charge in [-0.15, -0.1) is 0 Å². The summed E-state index contributed by atoms with van der Waals surface area (Å²) in [5.74, 6) is -0.362. The van der Waals surface area contributed by atoms with Crippen molar-refractivity contribution in [3.63, 3.8) is 0 Å². The van der Waals surface area contributed by atoms with E-state index in [9.17, 15) is 18.0 Å². The highest BCUT2D eigenvalue weighted by Crippen LogP contribution is 2.29. The van der Waals surface area contributed by atoms with E-state index >= 15 is 0 Å². The predicted molar refractivity (Wildman–Crippen MR) is 144 cm³/mol. The van der Waals surface area contributed by atoms with Crippen LogP contribution in [0.15, 0.2) is 41.3 Å². The minimum absolute atomic E-state index is 0.0485. The van der Waals surface area contributed by atoms with E-state index in [-0.39, 0.29) is 16.7 Å². The number of likely N-dealkylation sites (N-methyl/N-ethyl adjacent to an activating group) is 1. The first kappa shape index (κ1) is 26.4. The maximum absolute atomic E-state index is 13.4. The Labute approximate surface area is 224 Å². The first-order valence-corrected chi connectivity index (χ1v) is 15.0. The van der Waals surface area contributed by atoms with Crippen LogP contribution in [-0.4, -0.2) is 97.1 Å². The largest absolute Gasteiger partial charge is 0.341 e. The van der Waals surface area contributed by atoms with Crippen LogP contribution in [0.2, 0.25) is 5.02 Å². The molecule has 3 saturated heterocycles. The Bertz CT molecular complexity index is 1290. The molecule has 37 heavy (non-hydrogen) atoms. The number of carbonyl (C=O) groups is 2. The molecule has 2 atom stereocenters. The van der Waals surface area contributed by atoms with E-state index in [1.54, 1.807) is 48.2 Å². The number of hydrogen-bond donors (Lipinski definition) is 0. The van der Waals surface area contributed by atoms with E-state index in [1.165, 1.54) is 19.9 Å². The highest BCUT2D eigenvalue weighted by molar-refractivity contribution is 7.89. The Kier molecular flexibility index (Phi) is 7.51. The van der Waals surface area contributed by atoms with Gasteiger partial charge >= 0.3 is 0 Å². The van der Waals surface area contributed by atoms with Crippen LogP contribution in [0.5, 0.6) is 0 Å². The fourth-order valence-electron chi connectivity index (χ4n) is 6.05. The van der Waals surface area contributed by atoms with E-state index in [0.29, 0.717) is 37.1 Å². The van der Waals surface area contributed by atoms with Crippen molar-refractivity contribution in [2.45, 2.75) is 62.0 Å². The van der Waals surface area contributed by atoms with Crippen molar-refractivity contribution in [1.29, 1.82) is 0 Å². The summed E-state index contributed by atoms with van der Waals surface area (Å²) in [7, 11) is -2.46. The molecule has 0 aliphatic carbocycles. The zero-order valence-corrected chi connectivity index (χ0v) is 23.0. The molecule has 0 unspecified atom stereocenters. The van der Waals surface area contributed by atoms with Crippen molar-refractivity contribution in [3.05, 3.63) is 41.4 Å². The van der Waals surface area contributed by atoms with E-state index in [0.717, 1.165) is 41.0 Å². The van der Waals surface area contributed by atoms with Crippen LogP contribution in [0.4, 0.5) is 0 Å². The summed E-state index contributed by atoms with van der Waals surface area (Å²) in [5.41, 5.74) is 0. The van der Waals surface area contributed by atoms with Crippen molar-refractivity contribution in [2.24, 2.45) is 0 Å². The summed E-state index contributed by atoms with van der Waals surface area (Å²) in [6, 6.07) is 9.25. The molecule has 0 N–H and O–H groups in total. The zero-order chi connectivity index (χ0) is 26.3. The summed E-state index contributed by atoms with van der Waals surface area (Å²) in [5, 5.41) is 2.18. The number of fused-ring (bicyclic) bond motifs is 1. The maximum atomic E-state index is 13.4. The average molecular weight is 547 g/mol. The van der Waals surface area contributed by atoms with E-state index in [4.69, 9.17) is 11.6 Å². The Hall–Kier alpha value is -2.20. The monoisotopic (exact) mass is 546 g/mol. The molecule has 0 saturated carbocycles. The molecule has 10 heteroatoms. The highest BCUT2D eigenvalue weighted by atomic mass is 35.5. The minimum atomic E-state index is -3.91. The number of sulfonamides is 1. The lowest BCUT2D eigenvalue weighted by atomic mass is 10.0. The molecule has 3 fully saturated rings. The van der Waals surface area contributed by atoms with Gasteiger partial charge in [0.05, 0.1) is 4.90 Å². The second kappa shape index (κ2) is 10.5. The van der Waals surface area contributed by atoms with Gasteiger partial charge < -0.3 is 14.7 Å². The summed E-state index contributed by atoms with van der Waals surface area (Å²) in [6.07, 6.45) is 4.80. The number of nitrogens with zero attached hydrogens (tertiary/aromatic N) is 4. The highest BCUT2D eigenvalue weighted by Gasteiger charge is 2.43. The molecule has 3 aliphatic rings. The van der Waals surface area contributed by atoms with Crippen molar-refractivity contribution in [3.8, 4) is 0 Å². The number of carbonyl (C=O) groups excluding carboxylic acids is 2. The quantitative estimate of drug-likeness (QED) is 0.556. The average Bonchev–Trinajstić information content (AvgIpc) is 3.57. The number of benzene rings is 2. The summed E-state index contributed by atoms with van der Waals surface area (Å²) in [4.78, 5) is 32.7. The summed E-state index contributed by atoms with van der Waals surface area (Å²) >= 11 is 6.05. The van der Waals surface area contributed by atoms with Crippen molar-refractivity contribution in [2.75, 3.05) is 39.8 Å². The molecular weight excluding hydrogens is 512 g/mol. The minimum Gasteiger partial charge on any atom is -0.341 e. The van der Waals surface area contributed by atoms with Gasteiger partial charge in [-0.05, 0) is 87.2 Å². The van der Waals surface area contributed by atoms with Crippen LogP contribution in [0.25, 0.3) is 10.8 Å². The van der Waals surface area contributed by atoms with E-state index < -0.39 is 22.1 Å². The van der Waals surface area contributed by atoms with Crippen LogP contribution >= 0.6 is 11.6 Å². The maximum Gasteiger partial charge on any atom is 0.245 e. The molecule has 2 aromatic carbocycles. The van der Waals surface area contributed by atoms with Crippen molar-refractivity contribution < 1.29 is 18.0 Å². The molecule has 0 radical (unpaired) electrons. The van der Waals surface area contributed by atoms with Crippen molar-refractivity contribution in [1.82, 2.24) is 19.0 Å². The molecule has 2 amide bonds. The third-order valence-electron chi connectivity index (χ3n) is 8.36. The lowest BCUT2D eigenvalue weighted by Gasteiger charge is -2.38. The van der Waals surface area contributed by atoms with E-state index in [1.807, 2.05) is 4.90 Å². The molecule has 0 spiro atoms. The van der Waals surface area contributed by atoms with Gasteiger partial charge in [0, 0.05) is 37.7 Å². The second-order valence-electron chi connectivity index (χ2n) is 10.5. The van der Waals surface area contributed by atoms with Crippen LogP contribution in [-0.2, 0) is 19.6 Å². The molecule has 5 rings (SSSR count). The zero-order valence-electron chi connectivity index (χ0n) is 21.5. The van der Waals surface area contributed by atoms with Gasteiger partial charge in [-0.1, -0.05) is 23.7 Å². The number of likely N-dealkylation sites (tertiary alicyclic amines) is 3. The fourth-order valence-corrected chi connectivity index (χ4v) is 7.61. The van der Waals surface area contributed by atoms with Gasteiger partial charge in [0.15, 0.2) is 0 Å². The van der Waals surface area contributed by atoms with Crippen LogP contribution in [0.1, 0.15) is 39.0 Å². The normalized spacial score (nSPS) is 22.9. The summed E-state index contributed by atoms with van der Waals surface area (Å²) in [6.45, 7) is 5.84. The number of halogens is 1. The van der Waals surface area contributed by atoms with Gasteiger partial charge in [-0.25, -0.2) is 8.42 Å². The number of hydrogen-bond acceptors (Lipinski definition) is 5. The van der Waals surface area contributed by atoms with Crippen LogP contribution < -0.4 is 0 Å². The SMILES string of the molecule is C[C@H](C(=O)N1CCC(N2CCCC2)CC1)N1CC[C@H](N(C)S(=O)(=O)c2ccc3cc(Cl)ccc3c2)C1=O. The molecule has 0 aromatic heterocycles. The van der Waals surface area contributed by atoms with Gasteiger partial charge in [0.25, 0.3) is 0 Å². The molecule has 3 heterocycles. The lowest BCUT2D eigenvalue weighted by Crippen LogP contribution is -2.53. The second-order valence-corrected chi connectivity index (χ2v) is 12.9. The first-order valence-electron chi connectivity index (χ1n) is 13.2. The van der Waals surface area contributed by atoms with Gasteiger partial charge in [-0.3, -0.25) is 9.59 Å². The predicted octanol–water partition coefficient (Wildman–Crippen LogP) is 3.19. The molecule has 8 nitrogen and oxygen atoms in total. The smallest absolute Gasteiger partial charge is 0.245 e. The molecule has 3 aliphatic heterocycles. The van der Waals surface area contributed by atoms with Crippen LogP contribution in [0.3, 0.4) is 0 Å². The standard InChI is InChI=1S/C27H35ClN4O4S/c1-19(26(33)31-14-9-23(10-15-31)30-12-3-4-13-30)32-16-11-25(27(32)34)29(2)37(35,36)24-8-6-20-17-22(28)7-5-21(20)18-24/h5-8,17-19,23,25H,3-4,9-16H2,1-2H3/t19-,25+/m1/s1. The number of piperidine rings is 1. The Morgan fingerprint density at radius 1 is 0.973 bits per heavy atom. The Balaban J connectivity index is 1.23. The summed E-state index contributed by atoms with van der Waals surface area (Å²) < 4.78 is 28.0. The fraction of sp³-hybridized carbons (Fsp3) is 0.556. The Morgan fingerprint density at radius 2 is 1.62 bits per heavy atom. The third-order valence-corrected chi connectivity index (χ3v) is 10.5. The van der Waals surface area contributed by atoms with Gasteiger partial charge in [-0.2, -0.15) is 4.31 Å². The van der Waals surface area contributed by atoms with Crippen LogP contribution in [0, 0.1) is 0 Å². The third kappa shape index (κ3) is 5.11. The molecular formula is C27H35ClN4O4S. The van der Waals surface area contributed by atoms with E-state index in [2.05, 4.69) is 4.90 Å². The Morgan fingerprint density at radius 3 is 2.32 bits per heavy atom. The number of rotatable bonds is 6. The lowest BCUT2D eigenvalue weighted by molar-refractivity contribution is -0.144. The molecule has 2 aromatic rings. The molecule has 0 bridgehead atoms. The van der Waals surface area contributed by atoms with Crippen molar-refractivity contribution >= 4 is 44.2 Å². The topological polar surface area (TPSA) is 81.2 Å². The van der Waals surface area contributed by atoms with Gasteiger partial charge in [0.2, 0.25) is 21.8 Å².